The first-order valence-corrected chi connectivity index (χ1v) is 6.61. The highest BCUT2D eigenvalue weighted by Crippen LogP contribution is 2.19. The van der Waals surface area contributed by atoms with Gasteiger partial charge < -0.3 is 16.2 Å². The van der Waals surface area contributed by atoms with Gasteiger partial charge in [-0.3, -0.25) is 9.69 Å². The minimum absolute atomic E-state index is 0.0479. The topological polar surface area (TPSA) is 78.6 Å². The van der Waals surface area contributed by atoms with Gasteiger partial charge in [0, 0.05) is 17.4 Å². The molecule has 1 atom stereocenters. The summed E-state index contributed by atoms with van der Waals surface area (Å²) in [5, 5.41) is 12.1. The van der Waals surface area contributed by atoms with Crippen LogP contribution in [-0.4, -0.2) is 41.7 Å². The minimum atomic E-state index is -0.0479. The fraction of sp³-hybridized carbons (Fsp3) is 0.500. The molecule has 1 fully saturated rings. The van der Waals surface area contributed by atoms with Crippen molar-refractivity contribution in [3.63, 3.8) is 0 Å². The maximum absolute atomic E-state index is 12.0. The average molecular weight is 263 g/mol. The molecule has 2 rings (SSSR count). The van der Waals surface area contributed by atoms with E-state index in [1.54, 1.807) is 6.07 Å². The van der Waals surface area contributed by atoms with E-state index in [0.29, 0.717) is 12.2 Å². The molecule has 104 valence electrons. The van der Waals surface area contributed by atoms with Gasteiger partial charge in [0.05, 0.1) is 13.2 Å². The second-order valence-corrected chi connectivity index (χ2v) is 5.07. The van der Waals surface area contributed by atoms with Crippen LogP contribution in [0.5, 0.6) is 0 Å². The second-order valence-electron chi connectivity index (χ2n) is 5.07. The number of likely N-dealkylation sites (tertiary alicyclic amines) is 1. The number of anilines is 2. The lowest BCUT2D eigenvalue weighted by Crippen LogP contribution is -2.38. The Hall–Kier alpha value is -1.59. The molecule has 0 bridgehead atoms. The summed E-state index contributed by atoms with van der Waals surface area (Å²) in [5.74, 6) is -0.0479. The molecule has 0 aliphatic carbocycles. The lowest BCUT2D eigenvalue weighted by Gasteiger charge is -2.22. The Morgan fingerprint density at radius 3 is 3.05 bits per heavy atom. The summed E-state index contributed by atoms with van der Waals surface area (Å²) >= 11 is 0. The van der Waals surface area contributed by atoms with Crippen molar-refractivity contribution in [1.29, 1.82) is 0 Å². The highest BCUT2D eigenvalue weighted by Gasteiger charge is 2.25. The standard InChI is InChI=1S/C14H21N3O2/c1-10-7-11(15)4-5-13(10)16-14(19)8-17-6-2-3-12(17)9-18/h4-5,7,12,18H,2-3,6,8-9,15H2,1H3,(H,16,19). The number of aliphatic hydroxyl groups excluding tert-OH is 1. The number of rotatable bonds is 4. The first-order valence-electron chi connectivity index (χ1n) is 6.61. The van der Waals surface area contributed by atoms with Crippen molar-refractivity contribution in [2.45, 2.75) is 25.8 Å². The van der Waals surface area contributed by atoms with Crippen molar-refractivity contribution in [3.8, 4) is 0 Å². The summed E-state index contributed by atoms with van der Waals surface area (Å²) in [6.07, 6.45) is 2.00. The van der Waals surface area contributed by atoms with E-state index in [0.717, 1.165) is 30.6 Å². The maximum atomic E-state index is 12.0. The minimum Gasteiger partial charge on any atom is -0.399 e. The number of carbonyl (C=O) groups excluding carboxylic acids is 1. The number of nitrogen functional groups attached to an aromatic ring is 1. The van der Waals surface area contributed by atoms with E-state index in [1.165, 1.54) is 0 Å². The number of benzene rings is 1. The summed E-state index contributed by atoms with van der Waals surface area (Å²) in [6.45, 7) is 3.24. The molecule has 0 aromatic heterocycles. The normalized spacial score (nSPS) is 19.6. The molecule has 5 nitrogen and oxygen atoms in total. The third kappa shape index (κ3) is 3.45. The quantitative estimate of drug-likeness (QED) is 0.707. The van der Waals surface area contributed by atoms with E-state index in [9.17, 15) is 9.90 Å². The van der Waals surface area contributed by atoms with Gasteiger partial charge in [-0.05, 0) is 50.1 Å². The van der Waals surface area contributed by atoms with Gasteiger partial charge in [-0.25, -0.2) is 0 Å². The highest BCUT2D eigenvalue weighted by molar-refractivity contribution is 5.93. The van der Waals surface area contributed by atoms with Gasteiger partial charge in [0.2, 0.25) is 5.91 Å². The average Bonchev–Trinajstić information content (AvgIpc) is 2.80. The lowest BCUT2D eigenvalue weighted by atomic mass is 10.2. The third-order valence-corrected chi connectivity index (χ3v) is 3.58. The monoisotopic (exact) mass is 263 g/mol. The van der Waals surface area contributed by atoms with Gasteiger partial charge in [-0.2, -0.15) is 0 Å². The molecule has 1 aromatic carbocycles. The molecule has 1 amide bonds. The SMILES string of the molecule is Cc1cc(N)ccc1NC(=O)CN1CCCC1CO. The maximum Gasteiger partial charge on any atom is 0.238 e. The van der Waals surface area contributed by atoms with Crippen LogP contribution < -0.4 is 11.1 Å². The smallest absolute Gasteiger partial charge is 0.238 e. The van der Waals surface area contributed by atoms with Crippen molar-refractivity contribution >= 4 is 17.3 Å². The number of amides is 1. The lowest BCUT2D eigenvalue weighted by molar-refractivity contribution is -0.117. The van der Waals surface area contributed by atoms with Gasteiger partial charge in [0.25, 0.3) is 0 Å². The number of carbonyl (C=O) groups is 1. The molecular formula is C14H21N3O2. The van der Waals surface area contributed by atoms with Crippen molar-refractivity contribution in [3.05, 3.63) is 23.8 Å². The van der Waals surface area contributed by atoms with Crippen LogP contribution >= 0.6 is 0 Å². The summed E-state index contributed by atoms with van der Waals surface area (Å²) in [4.78, 5) is 14.0. The van der Waals surface area contributed by atoms with Crippen LogP contribution in [0.4, 0.5) is 11.4 Å². The Morgan fingerprint density at radius 2 is 2.37 bits per heavy atom. The fourth-order valence-electron chi connectivity index (χ4n) is 2.51. The predicted octanol–water partition coefficient (Wildman–Crippen LogP) is 0.972. The first kappa shape index (κ1) is 13.8. The third-order valence-electron chi connectivity index (χ3n) is 3.58. The highest BCUT2D eigenvalue weighted by atomic mass is 16.3. The number of nitrogens with two attached hydrogens (primary N) is 1. The molecule has 1 aliphatic rings. The zero-order valence-electron chi connectivity index (χ0n) is 11.2. The van der Waals surface area contributed by atoms with Crippen LogP contribution in [0.15, 0.2) is 18.2 Å². The molecule has 19 heavy (non-hydrogen) atoms. The first-order chi connectivity index (χ1) is 9.10. The van der Waals surface area contributed by atoms with Gasteiger partial charge >= 0.3 is 0 Å². The molecule has 5 heteroatoms. The molecule has 0 saturated carbocycles. The van der Waals surface area contributed by atoms with Crippen LogP contribution in [-0.2, 0) is 4.79 Å². The molecule has 1 aromatic rings. The summed E-state index contributed by atoms with van der Waals surface area (Å²) in [5.41, 5.74) is 8.11. The Morgan fingerprint density at radius 1 is 1.58 bits per heavy atom. The van der Waals surface area contributed by atoms with Crippen molar-refractivity contribution in [2.75, 3.05) is 30.7 Å². The number of nitrogens with zero attached hydrogens (tertiary/aromatic N) is 1. The largest absolute Gasteiger partial charge is 0.399 e. The van der Waals surface area contributed by atoms with E-state index in [-0.39, 0.29) is 18.6 Å². The molecule has 1 aliphatic heterocycles. The zero-order chi connectivity index (χ0) is 13.8. The van der Waals surface area contributed by atoms with Crippen molar-refractivity contribution in [1.82, 2.24) is 4.90 Å². The number of aryl methyl sites for hydroxylation is 1. The van der Waals surface area contributed by atoms with Gasteiger partial charge in [0.15, 0.2) is 0 Å². The Balaban J connectivity index is 1.94. The second kappa shape index (κ2) is 6.04. The van der Waals surface area contributed by atoms with Gasteiger partial charge in [0.1, 0.15) is 0 Å². The van der Waals surface area contributed by atoms with Crippen molar-refractivity contribution in [2.24, 2.45) is 0 Å². The summed E-state index contributed by atoms with van der Waals surface area (Å²) in [7, 11) is 0. The van der Waals surface area contributed by atoms with Gasteiger partial charge in [-0.1, -0.05) is 0 Å². The Labute approximate surface area is 113 Å². The van der Waals surface area contributed by atoms with Crippen molar-refractivity contribution < 1.29 is 9.90 Å². The molecule has 1 saturated heterocycles. The van der Waals surface area contributed by atoms with Crippen LogP contribution in [0.1, 0.15) is 18.4 Å². The molecule has 0 radical (unpaired) electrons. The van der Waals surface area contributed by atoms with E-state index in [4.69, 9.17) is 5.73 Å². The van der Waals surface area contributed by atoms with Crippen LogP contribution in [0.2, 0.25) is 0 Å². The van der Waals surface area contributed by atoms with E-state index >= 15 is 0 Å². The van der Waals surface area contributed by atoms with Crippen LogP contribution in [0, 0.1) is 6.92 Å². The number of aliphatic hydroxyl groups is 1. The van der Waals surface area contributed by atoms with Crippen LogP contribution in [0.25, 0.3) is 0 Å². The Bertz CT molecular complexity index is 462. The summed E-state index contributed by atoms with van der Waals surface area (Å²) in [6, 6.07) is 5.55. The molecular weight excluding hydrogens is 242 g/mol. The fourth-order valence-corrected chi connectivity index (χ4v) is 2.51. The van der Waals surface area contributed by atoms with E-state index < -0.39 is 0 Å². The molecule has 1 heterocycles. The molecule has 1 unspecified atom stereocenters. The number of hydrogen-bond donors (Lipinski definition) is 3. The van der Waals surface area contributed by atoms with Gasteiger partial charge in [-0.15, -0.1) is 0 Å². The zero-order valence-corrected chi connectivity index (χ0v) is 11.2. The number of nitrogens with one attached hydrogen (secondary N) is 1. The number of hydrogen-bond acceptors (Lipinski definition) is 4. The summed E-state index contributed by atoms with van der Waals surface area (Å²) < 4.78 is 0. The molecule has 4 N–H and O–H groups in total. The van der Waals surface area contributed by atoms with Crippen LogP contribution in [0.3, 0.4) is 0 Å². The van der Waals surface area contributed by atoms with E-state index in [2.05, 4.69) is 5.32 Å². The Kier molecular flexibility index (Phi) is 4.39. The predicted molar refractivity (Wildman–Crippen MR) is 75.9 cm³/mol. The molecule has 0 spiro atoms. The van der Waals surface area contributed by atoms with E-state index in [1.807, 2.05) is 24.0 Å².